The summed E-state index contributed by atoms with van der Waals surface area (Å²) < 4.78 is 10.1. The Bertz CT molecular complexity index is 488. The molecule has 1 unspecified atom stereocenters. The summed E-state index contributed by atoms with van der Waals surface area (Å²) in [6, 6.07) is 8.85. The van der Waals surface area contributed by atoms with Gasteiger partial charge in [-0.3, -0.25) is 0 Å². The zero-order valence-electron chi connectivity index (χ0n) is 12.9. The van der Waals surface area contributed by atoms with E-state index in [9.17, 15) is 4.79 Å². The van der Waals surface area contributed by atoms with Crippen LogP contribution >= 0.6 is 0 Å². The van der Waals surface area contributed by atoms with E-state index in [1.54, 1.807) is 0 Å². The number of aryl methyl sites for hydroxylation is 1. The average molecular weight is 288 g/mol. The van der Waals surface area contributed by atoms with Crippen molar-refractivity contribution in [3.8, 4) is 0 Å². The molecular formula is C18H24O3. The van der Waals surface area contributed by atoms with Crippen LogP contribution in [-0.2, 0) is 15.9 Å². The SMILES string of the molecule is CCCOC(=O)OC1=CCC(c2ccc(CC)cc2)CC1. The number of hydrogen-bond donors (Lipinski definition) is 0. The minimum absolute atomic E-state index is 0.415. The van der Waals surface area contributed by atoms with Gasteiger partial charge in [0.2, 0.25) is 0 Å². The van der Waals surface area contributed by atoms with E-state index < -0.39 is 6.16 Å². The van der Waals surface area contributed by atoms with Crippen molar-refractivity contribution in [2.24, 2.45) is 0 Å². The second-order valence-electron chi connectivity index (χ2n) is 5.44. The summed E-state index contributed by atoms with van der Waals surface area (Å²) in [7, 11) is 0. The van der Waals surface area contributed by atoms with E-state index in [2.05, 4.69) is 31.2 Å². The molecule has 1 aliphatic rings. The topological polar surface area (TPSA) is 35.5 Å². The summed E-state index contributed by atoms with van der Waals surface area (Å²) in [6.07, 6.45) is 6.05. The highest BCUT2D eigenvalue weighted by atomic mass is 16.7. The first-order valence-corrected chi connectivity index (χ1v) is 7.85. The van der Waals surface area contributed by atoms with Crippen LogP contribution in [0, 0.1) is 0 Å². The average Bonchev–Trinajstić information content (AvgIpc) is 2.54. The summed E-state index contributed by atoms with van der Waals surface area (Å²) in [4.78, 5) is 11.4. The molecule has 0 aromatic heterocycles. The van der Waals surface area contributed by atoms with Crippen molar-refractivity contribution in [3.05, 3.63) is 47.2 Å². The molecule has 0 aliphatic heterocycles. The van der Waals surface area contributed by atoms with Crippen molar-refractivity contribution in [3.63, 3.8) is 0 Å². The highest BCUT2D eigenvalue weighted by Gasteiger charge is 2.19. The van der Waals surface area contributed by atoms with Gasteiger partial charge in [-0.2, -0.15) is 0 Å². The van der Waals surface area contributed by atoms with Crippen LogP contribution in [0.1, 0.15) is 56.6 Å². The Morgan fingerprint density at radius 1 is 1.24 bits per heavy atom. The highest BCUT2D eigenvalue weighted by molar-refractivity contribution is 5.61. The zero-order valence-corrected chi connectivity index (χ0v) is 12.9. The van der Waals surface area contributed by atoms with Gasteiger partial charge in [0.05, 0.1) is 6.61 Å². The number of ether oxygens (including phenoxy) is 2. The van der Waals surface area contributed by atoms with Gasteiger partial charge < -0.3 is 9.47 Å². The number of carbonyl (C=O) groups excluding carboxylic acids is 1. The molecule has 1 aromatic carbocycles. The van der Waals surface area contributed by atoms with Crippen molar-refractivity contribution in [1.29, 1.82) is 0 Å². The summed E-state index contributed by atoms with van der Waals surface area (Å²) in [5, 5.41) is 0. The number of allylic oxidation sites excluding steroid dienone is 2. The Morgan fingerprint density at radius 2 is 2.00 bits per heavy atom. The summed E-state index contributed by atoms with van der Waals surface area (Å²) in [6.45, 7) is 4.54. The molecule has 1 atom stereocenters. The van der Waals surface area contributed by atoms with E-state index in [-0.39, 0.29) is 0 Å². The van der Waals surface area contributed by atoms with Crippen LogP contribution in [0.25, 0.3) is 0 Å². The summed E-state index contributed by atoms with van der Waals surface area (Å²) >= 11 is 0. The third kappa shape index (κ3) is 4.62. The first kappa shape index (κ1) is 15.6. The maximum atomic E-state index is 11.4. The summed E-state index contributed by atoms with van der Waals surface area (Å²) in [5.41, 5.74) is 2.74. The van der Waals surface area contributed by atoms with Crippen molar-refractivity contribution in [1.82, 2.24) is 0 Å². The molecule has 0 heterocycles. The second kappa shape index (κ2) is 7.87. The Kier molecular flexibility index (Phi) is 5.85. The lowest BCUT2D eigenvalue weighted by Crippen LogP contribution is -2.12. The van der Waals surface area contributed by atoms with Crippen LogP contribution in [0.5, 0.6) is 0 Å². The molecule has 0 N–H and O–H groups in total. The minimum atomic E-state index is -0.575. The number of rotatable bonds is 5. The molecule has 3 nitrogen and oxygen atoms in total. The van der Waals surface area contributed by atoms with Crippen molar-refractivity contribution >= 4 is 6.16 Å². The lowest BCUT2D eigenvalue weighted by atomic mass is 9.86. The van der Waals surface area contributed by atoms with Crippen molar-refractivity contribution in [2.75, 3.05) is 6.61 Å². The third-order valence-electron chi connectivity index (χ3n) is 3.87. The van der Waals surface area contributed by atoms with Gasteiger partial charge in [0, 0.05) is 6.42 Å². The third-order valence-corrected chi connectivity index (χ3v) is 3.87. The van der Waals surface area contributed by atoms with Crippen molar-refractivity contribution < 1.29 is 14.3 Å². The van der Waals surface area contributed by atoms with Crippen LogP contribution < -0.4 is 0 Å². The van der Waals surface area contributed by atoms with E-state index >= 15 is 0 Å². The predicted octanol–water partition coefficient (Wildman–Crippen LogP) is 4.96. The van der Waals surface area contributed by atoms with Gasteiger partial charge in [0.1, 0.15) is 5.76 Å². The standard InChI is InChI=1S/C18H24O3/c1-3-13-20-18(19)21-17-11-9-16(10-12-17)15-7-5-14(4-2)6-8-15/h5-8,11,16H,3-4,9-10,12-13H2,1-2H3. The molecule has 3 heteroatoms. The van der Waals surface area contributed by atoms with Gasteiger partial charge in [-0.1, -0.05) is 38.1 Å². The van der Waals surface area contributed by atoms with Crippen LogP contribution in [0.15, 0.2) is 36.1 Å². The van der Waals surface area contributed by atoms with E-state index in [4.69, 9.17) is 9.47 Å². The maximum absolute atomic E-state index is 11.4. The van der Waals surface area contributed by atoms with E-state index in [1.165, 1.54) is 11.1 Å². The molecular weight excluding hydrogens is 264 g/mol. The number of carbonyl (C=O) groups is 1. The Hall–Kier alpha value is -1.77. The maximum Gasteiger partial charge on any atom is 0.513 e. The van der Waals surface area contributed by atoms with Crippen LogP contribution in [-0.4, -0.2) is 12.8 Å². The van der Waals surface area contributed by atoms with Gasteiger partial charge >= 0.3 is 6.16 Å². The molecule has 0 amide bonds. The van der Waals surface area contributed by atoms with E-state index in [1.807, 2.05) is 13.0 Å². The minimum Gasteiger partial charge on any atom is -0.434 e. The quantitative estimate of drug-likeness (QED) is 0.718. The Balaban J connectivity index is 1.87. The molecule has 0 saturated carbocycles. The van der Waals surface area contributed by atoms with Gasteiger partial charge in [0.25, 0.3) is 0 Å². The first-order chi connectivity index (χ1) is 10.2. The molecule has 0 spiro atoms. The first-order valence-electron chi connectivity index (χ1n) is 7.85. The molecule has 2 rings (SSSR count). The highest BCUT2D eigenvalue weighted by Crippen LogP contribution is 2.32. The monoisotopic (exact) mass is 288 g/mol. The molecule has 0 fully saturated rings. The van der Waals surface area contributed by atoms with Crippen molar-refractivity contribution in [2.45, 2.75) is 51.9 Å². The lowest BCUT2D eigenvalue weighted by molar-refractivity contribution is 0.0737. The zero-order chi connectivity index (χ0) is 15.1. The fraction of sp³-hybridized carbons (Fsp3) is 0.500. The lowest BCUT2D eigenvalue weighted by Gasteiger charge is -2.22. The largest absolute Gasteiger partial charge is 0.513 e. The molecule has 1 aromatic rings. The molecule has 114 valence electrons. The van der Waals surface area contributed by atoms with Crippen LogP contribution in [0.4, 0.5) is 4.79 Å². The summed E-state index contributed by atoms with van der Waals surface area (Å²) in [5.74, 6) is 1.27. The Morgan fingerprint density at radius 3 is 2.57 bits per heavy atom. The fourth-order valence-corrected chi connectivity index (χ4v) is 2.55. The van der Waals surface area contributed by atoms with Crippen LogP contribution in [0.3, 0.4) is 0 Å². The Labute approximate surface area is 127 Å². The predicted molar refractivity (Wildman–Crippen MR) is 83.2 cm³/mol. The van der Waals surface area contributed by atoms with Crippen LogP contribution in [0.2, 0.25) is 0 Å². The van der Waals surface area contributed by atoms with E-state index in [0.29, 0.717) is 12.5 Å². The van der Waals surface area contributed by atoms with Gasteiger partial charge in [-0.15, -0.1) is 0 Å². The van der Waals surface area contributed by atoms with Gasteiger partial charge in [-0.25, -0.2) is 4.79 Å². The molecule has 1 aliphatic carbocycles. The number of hydrogen-bond acceptors (Lipinski definition) is 3. The molecule has 21 heavy (non-hydrogen) atoms. The molecule has 0 saturated heterocycles. The fourth-order valence-electron chi connectivity index (χ4n) is 2.55. The normalized spacial score (nSPS) is 18.0. The van der Waals surface area contributed by atoms with Gasteiger partial charge in [-0.05, 0) is 48.8 Å². The van der Waals surface area contributed by atoms with E-state index in [0.717, 1.165) is 37.9 Å². The van der Waals surface area contributed by atoms with Gasteiger partial charge in [0.15, 0.2) is 0 Å². The number of benzene rings is 1. The molecule has 0 bridgehead atoms. The second-order valence-corrected chi connectivity index (χ2v) is 5.44. The smallest absolute Gasteiger partial charge is 0.434 e. The molecule has 0 radical (unpaired) electrons.